The van der Waals surface area contributed by atoms with Gasteiger partial charge in [-0.25, -0.2) is 0 Å². The summed E-state index contributed by atoms with van der Waals surface area (Å²) in [6, 6.07) is 5.84. The Morgan fingerprint density at radius 3 is 3.06 bits per heavy atom. The second-order valence-electron chi connectivity index (χ2n) is 4.68. The molecule has 2 heterocycles. The van der Waals surface area contributed by atoms with Crippen LogP contribution in [0.4, 0.5) is 0 Å². The van der Waals surface area contributed by atoms with Crippen molar-refractivity contribution in [2.24, 2.45) is 0 Å². The van der Waals surface area contributed by atoms with Crippen molar-refractivity contribution in [3.05, 3.63) is 22.4 Å². The lowest BCUT2D eigenvalue weighted by Gasteiger charge is -2.37. The van der Waals surface area contributed by atoms with E-state index in [0.29, 0.717) is 6.04 Å². The van der Waals surface area contributed by atoms with E-state index in [1.54, 1.807) is 0 Å². The molecule has 3 heteroatoms. The van der Waals surface area contributed by atoms with Crippen LogP contribution >= 0.6 is 11.3 Å². The van der Waals surface area contributed by atoms with Crippen LogP contribution in [0, 0.1) is 0 Å². The van der Waals surface area contributed by atoms with Gasteiger partial charge < -0.3 is 5.32 Å². The normalized spacial score (nSPS) is 27.1. The highest BCUT2D eigenvalue weighted by Crippen LogP contribution is 2.21. The first-order valence-electron chi connectivity index (χ1n) is 6.29. The van der Waals surface area contributed by atoms with E-state index in [1.807, 2.05) is 11.3 Å². The minimum atomic E-state index is 0.708. The van der Waals surface area contributed by atoms with Crippen LogP contribution in [0.2, 0.25) is 0 Å². The van der Waals surface area contributed by atoms with Gasteiger partial charge in [0.2, 0.25) is 0 Å². The van der Waals surface area contributed by atoms with Crippen molar-refractivity contribution >= 4 is 11.3 Å². The predicted octanol–water partition coefficient (Wildman–Crippen LogP) is 2.71. The lowest BCUT2D eigenvalue weighted by molar-refractivity contribution is 0.130. The second kappa shape index (κ2) is 5.80. The lowest BCUT2D eigenvalue weighted by atomic mass is 9.98. The third-order valence-electron chi connectivity index (χ3n) is 3.45. The summed E-state index contributed by atoms with van der Waals surface area (Å²) in [5, 5.41) is 5.74. The Morgan fingerprint density at radius 2 is 2.44 bits per heavy atom. The van der Waals surface area contributed by atoms with Crippen LogP contribution in [0.25, 0.3) is 0 Å². The molecule has 0 spiro atoms. The third-order valence-corrected chi connectivity index (χ3v) is 4.31. The van der Waals surface area contributed by atoms with Crippen molar-refractivity contribution in [2.45, 2.75) is 45.3 Å². The van der Waals surface area contributed by atoms with Crippen molar-refractivity contribution in [1.82, 2.24) is 10.2 Å². The molecule has 1 aliphatic heterocycles. The summed E-state index contributed by atoms with van der Waals surface area (Å²) >= 11 is 1.87. The fourth-order valence-electron chi connectivity index (χ4n) is 2.53. The minimum Gasteiger partial charge on any atom is -0.314 e. The summed E-state index contributed by atoms with van der Waals surface area (Å²) in [6.07, 6.45) is 2.59. The molecule has 1 aromatic rings. The van der Waals surface area contributed by atoms with Crippen molar-refractivity contribution in [2.75, 3.05) is 13.1 Å². The maximum Gasteiger partial charge on any atom is 0.0330 e. The molecule has 2 unspecified atom stereocenters. The molecule has 0 radical (unpaired) electrons. The fourth-order valence-corrected chi connectivity index (χ4v) is 3.26. The zero-order chi connectivity index (χ0) is 11.4. The van der Waals surface area contributed by atoms with E-state index >= 15 is 0 Å². The lowest BCUT2D eigenvalue weighted by Crippen LogP contribution is -2.46. The summed E-state index contributed by atoms with van der Waals surface area (Å²) in [7, 11) is 0. The Bertz CT molecular complexity index is 297. The molecule has 0 saturated carbocycles. The van der Waals surface area contributed by atoms with Crippen LogP contribution in [-0.4, -0.2) is 30.1 Å². The molecular formula is C13H22N2S. The van der Waals surface area contributed by atoms with Crippen LogP contribution in [0.15, 0.2) is 17.5 Å². The summed E-state index contributed by atoms with van der Waals surface area (Å²) < 4.78 is 0. The molecule has 0 aromatic carbocycles. The number of hydrogen-bond acceptors (Lipinski definition) is 3. The molecule has 0 amide bonds. The molecule has 1 aromatic heterocycles. The number of nitrogens with zero attached hydrogens (tertiary/aromatic N) is 1. The zero-order valence-electron chi connectivity index (χ0n) is 10.3. The molecule has 1 saturated heterocycles. The molecule has 16 heavy (non-hydrogen) atoms. The van der Waals surface area contributed by atoms with E-state index in [-0.39, 0.29) is 0 Å². The van der Waals surface area contributed by atoms with Crippen LogP contribution in [0.1, 0.15) is 31.6 Å². The molecule has 1 N–H and O–H groups in total. The standard InChI is InChI=1S/C13H22N2S/c1-3-14-12-6-7-15(11(2)9-12)10-13-5-4-8-16-13/h4-5,8,11-12,14H,3,6-7,9-10H2,1-2H3. The van der Waals surface area contributed by atoms with Gasteiger partial charge in [0.25, 0.3) is 0 Å². The number of piperidine rings is 1. The van der Waals surface area contributed by atoms with Gasteiger partial charge in [-0.3, -0.25) is 4.90 Å². The summed E-state index contributed by atoms with van der Waals surface area (Å²) in [4.78, 5) is 4.11. The topological polar surface area (TPSA) is 15.3 Å². The van der Waals surface area contributed by atoms with Crippen molar-refractivity contribution in [1.29, 1.82) is 0 Å². The molecule has 0 aliphatic carbocycles. The second-order valence-corrected chi connectivity index (χ2v) is 5.71. The third kappa shape index (κ3) is 3.06. The van der Waals surface area contributed by atoms with Gasteiger partial charge in [-0.1, -0.05) is 13.0 Å². The monoisotopic (exact) mass is 238 g/mol. The molecule has 2 nitrogen and oxygen atoms in total. The van der Waals surface area contributed by atoms with Gasteiger partial charge in [-0.15, -0.1) is 11.3 Å². The maximum atomic E-state index is 3.57. The Kier molecular flexibility index (Phi) is 4.38. The van der Waals surface area contributed by atoms with E-state index in [4.69, 9.17) is 0 Å². The quantitative estimate of drug-likeness (QED) is 0.867. The van der Waals surface area contributed by atoms with Crippen LogP contribution < -0.4 is 5.32 Å². The Balaban J connectivity index is 1.84. The average Bonchev–Trinajstić information content (AvgIpc) is 2.75. The minimum absolute atomic E-state index is 0.708. The summed E-state index contributed by atoms with van der Waals surface area (Å²) in [5.74, 6) is 0. The first-order valence-corrected chi connectivity index (χ1v) is 7.17. The van der Waals surface area contributed by atoms with Crippen molar-refractivity contribution in [3.63, 3.8) is 0 Å². The van der Waals surface area contributed by atoms with Gasteiger partial charge in [-0.05, 0) is 37.8 Å². The molecular weight excluding hydrogens is 216 g/mol. The van der Waals surface area contributed by atoms with Gasteiger partial charge in [0.05, 0.1) is 0 Å². The van der Waals surface area contributed by atoms with E-state index < -0.39 is 0 Å². The van der Waals surface area contributed by atoms with E-state index in [1.165, 1.54) is 24.3 Å². The number of hydrogen-bond donors (Lipinski definition) is 1. The first kappa shape index (κ1) is 12.1. The predicted molar refractivity (Wildman–Crippen MR) is 70.9 cm³/mol. The zero-order valence-corrected chi connectivity index (χ0v) is 11.1. The van der Waals surface area contributed by atoms with Gasteiger partial charge in [0, 0.05) is 30.1 Å². The summed E-state index contributed by atoms with van der Waals surface area (Å²) in [6.45, 7) is 8.02. The number of thiophene rings is 1. The number of nitrogens with one attached hydrogen (secondary N) is 1. The molecule has 1 fully saturated rings. The van der Waals surface area contributed by atoms with Crippen LogP contribution in [-0.2, 0) is 6.54 Å². The van der Waals surface area contributed by atoms with Crippen LogP contribution in [0.5, 0.6) is 0 Å². The molecule has 2 atom stereocenters. The van der Waals surface area contributed by atoms with E-state index in [0.717, 1.165) is 19.1 Å². The Hall–Kier alpha value is -0.380. The average molecular weight is 238 g/mol. The highest BCUT2D eigenvalue weighted by molar-refractivity contribution is 7.09. The fraction of sp³-hybridized carbons (Fsp3) is 0.692. The first-order chi connectivity index (χ1) is 7.79. The molecule has 0 bridgehead atoms. The van der Waals surface area contributed by atoms with Gasteiger partial charge >= 0.3 is 0 Å². The van der Waals surface area contributed by atoms with Gasteiger partial charge in [0.1, 0.15) is 0 Å². The summed E-state index contributed by atoms with van der Waals surface area (Å²) in [5.41, 5.74) is 0. The number of likely N-dealkylation sites (tertiary alicyclic amines) is 1. The van der Waals surface area contributed by atoms with Crippen molar-refractivity contribution in [3.8, 4) is 0 Å². The van der Waals surface area contributed by atoms with E-state index in [9.17, 15) is 0 Å². The van der Waals surface area contributed by atoms with E-state index in [2.05, 4.69) is 41.6 Å². The Morgan fingerprint density at radius 1 is 1.56 bits per heavy atom. The largest absolute Gasteiger partial charge is 0.314 e. The molecule has 2 rings (SSSR count). The molecule has 1 aliphatic rings. The highest BCUT2D eigenvalue weighted by atomic mass is 32.1. The van der Waals surface area contributed by atoms with Crippen LogP contribution in [0.3, 0.4) is 0 Å². The Labute approximate surface area is 103 Å². The number of rotatable bonds is 4. The molecule has 90 valence electrons. The SMILES string of the molecule is CCNC1CCN(Cc2cccs2)C(C)C1. The maximum absolute atomic E-state index is 3.57. The van der Waals surface area contributed by atoms with Gasteiger partial charge in [0.15, 0.2) is 0 Å². The smallest absolute Gasteiger partial charge is 0.0330 e. The van der Waals surface area contributed by atoms with Crippen molar-refractivity contribution < 1.29 is 0 Å². The highest BCUT2D eigenvalue weighted by Gasteiger charge is 2.24. The van der Waals surface area contributed by atoms with Gasteiger partial charge in [-0.2, -0.15) is 0 Å².